The minimum Gasteiger partial charge on any atom is -0.353 e. The molecular formula is C13H23N3O. The van der Waals surface area contributed by atoms with E-state index in [0.717, 1.165) is 6.42 Å². The monoisotopic (exact) mass is 237 g/mol. The molecule has 0 aromatic heterocycles. The fourth-order valence-corrected chi connectivity index (χ4v) is 2.21. The highest BCUT2D eigenvalue weighted by Crippen LogP contribution is 2.25. The van der Waals surface area contributed by atoms with Crippen LogP contribution >= 0.6 is 0 Å². The summed E-state index contributed by atoms with van der Waals surface area (Å²) >= 11 is 0. The van der Waals surface area contributed by atoms with E-state index in [1.807, 2.05) is 6.92 Å². The molecule has 1 heterocycles. The van der Waals surface area contributed by atoms with Gasteiger partial charge in [-0.05, 0) is 33.6 Å². The third-order valence-corrected chi connectivity index (χ3v) is 3.52. The molecule has 0 aromatic carbocycles. The molecule has 1 rings (SSSR count). The SMILES string of the molecule is CCC(C)NC(=O)C1CC(C#N)N(C(C)C)C1. The first-order chi connectivity index (χ1) is 7.99. The Hall–Kier alpha value is -1.08. The Labute approximate surface area is 104 Å². The predicted octanol–water partition coefficient (Wildman–Crippen LogP) is 1.52. The Morgan fingerprint density at radius 2 is 2.18 bits per heavy atom. The lowest BCUT2D eigenvalue weighted by molar-refractivity contribution is -0.125. The molecule has 0 saturated carbocycles. The molecule has 0 aliphatic carbocycles. The van der Waals surface area contributed by atoms with E-state index in [1.165, 1.54) is 0 Å². The van der Waals surface area contributed by atoms with Crippen molar-refractivity contribution in [3.63, 3.8) is 0 Å². The summed E-state index contributed by atoms with van der Waals surface area (Å²) < 4.78 is 0. The number of hydrogen-bond donors (Lipinski definition) is 1. The lowest BCUT2D eigenvalue weighted by Gasteiger charge is -2.23. The van der Waals surface area contributed by atoms with Gasteiger partial charge in [0.2, 0.25) is 5.91 Å². The molecule has 1 N–H and O–H groups in total. The van der Waals surface area contributed by atoms with Crippen LogP contribution in [0.4, 0.5) is 0 Å². The van der Waals surface area contributed by atoms with E-state index in [2.05, 4.69) is 37.1 Å². The maximum absolute atomic E-state index is 12.0. The second-order valence-electron chi connectivity index (χ2n) is 5.19. The van der Waals surface area contributed by atoms with Gasteiger partial charge < -0.3 is 5.32 Å². The van der Waals surface area contributed by atoms with Gasteiger partial charge in [-0.15, -0.1) is 0 Å². The van der Waals surface area contributed by atoms with Crippen molar-refractivity contribution in [2.75, 3.05) is 6.54 Å². The largest absolute Gasteiger partial charge is 0.353 e. The molecule has 1 saturated heterocycles. The molecule has 17 heavy (non-hydrogen) atoms. The number of carbonyl (C=O) groups is 1. The number of carbonyl (C=O) groups excluding carboxylic acids is 1. The highest BCUT2D eigenvalue weighted by atomic mass is 16.2. The Morgan fingerprint density at radius 3 is 2.59 bits per heavy atom. The Balaban J connectivity index is 2.58. The molecule has 0 radical (unpaired) electrons. The molecular weight excluding hydrogens is 214 g/mol. The summed E-state index contributed by atoms with van der Waals surface area (Å²) in [5.41, 5.74) is 0. The van der Waals surface area contributed by atoms with Crippen LogP contribution in [0, 0.1) is 17.2 Å². The zero-order chi connectivity index (χ0) is 13.0. The zero-order valence-electron chi connectivity index (χ0n) is 11.2. The van der Waals surface area contributed by atoms with Gasteiger partial charge in [-0.1, -0.05) is 6.92 Å². The van der Waals surface area contributed by atoms with Crippen LogP contribution < -0.4 is 5.32 Å². The van der Waals surface area contributed by atoms with Gasteiger partial charge in [0.15, 0.2) is 0 Å². The van der Waals surface area contributed by atoms with E-state index in [0.29, 0.717) is 19.0 Å². The second kappa shape index (κ2) is 6.02. The number of nitrogens with one attached hydrogen (secondary N) is 1. The summed E-state index contributed by atoms with van der Waals surface area (Å²) in [4.78, 5) is 14.1. The first kappa shape index (κ1) is 14.0. The number of nitrogens with zero attached hydrogens (tertiary/aromatic N) is 2. The predicted molar refractivity (Wildman–Crippen MR) is 67.2 cm³/mol. The number of hydrogen-bond acceptors (Lipinski definition) is 3. The lowest BCUT2D eigenvalue weighted by Crippen LogP contribution is -2.39. The van der Waals surface area contributed by atoms with E-state index < -0.39 is 0 Å². The van der Waals surface area contributed by atoms with Gasteiger partial charge in [0.1, 0.15) is 0 Å². The van der Waals surface area contributed by atoms with E-state index in [4.69, 9.17) is 5.26 Å². The van der Waals surface area contributed by atoms with Crippen LogP contribution in [0.2, 0.25) is 0 Å². The minimum atomic E-state index is -0.109. The Kier molecular flexibility index (Phi) is 4.95. The quantitative estimate of drug-likeness (QED) is 0.806. The molecule has 1 aliphatic rings. The van der Waals surface area contributed by atoms with Crippen molar-refractivity contribution >= 4 is 5.91 Å². The molecule has 3 unspecified atom stereocenters. The summed E-state index contributed by atoms with van der Waals surface area (Å²) in [5.74, 6) is 0.0683. The van der Waals surface area contributed by atoms with Gasteiger partial charge in [0, 0.05) is 18.6 Å². The lowest BCUT2D eigenvalue weighted by atomic mass is 10.0. The van der Waals surface area contributed by atoms with Crippen molar-refractivity contribution in [2.24, 2.45) is 5.92 Å². The minimum absolute atomic E-state index is 0.0314. The molecule has 1 fully saturated rings. The number of likely N-dealkylation sites (tertiary alicyclic amines) is 1. The topological polar surface area (TPSA) is 56.1 Å². The van der Waals surface area contributed by atoms with Crippen LogP contribution in [0.5, 0.6) is 0 Å². The van der Waals surface area contributed by atoms with Crippen LogP contribution in [-0.4, -0.2) is 35.5 Å². The van der Waals surface area contributed by atoms with Gasteiger partial charge in [-0.25, -0.2) is 0 Å². The highest BCUT2D eigenvalue weighted by molar-refractivity contribution is 5.79. The first-order valence-electron chi connectivity index (χ1n) is 6.45. The molecule has 4 heteroatoms. The Morgan fingerprint density at radius 1 is 1.53 bits per heavy atom. The highest BCUT2D eigenvalue weighted by Gasteiger charge is 2.37. The van der Waals surface area contributed by atoms with Crippen molar-refractivity contribution in [1.29, 1.82) is 5.26 Å². The van der Waals surface area contributed by atoms with Crippen molar-refractivity contribution in [2.45, 2.75) is 58.7 Å². The Bertz CT molecular complexity index is 308. The maximum atomic E-state index is 12.0. The molecule has 0 bridgehead atoms. The third-order valence-electron chi connectivity index (χ3n) is 3.52. The van der Waals surface area contributed by atoms with Crippen LogP contribution in [0.25, 0.3) is 0 Å². The van der Waals surface area contributed by atoms with Crippen molar-refractivity contribution in [1.82, 2.24) is 10.2 Å². The van der Waals surface area contributed by atoms with E-state index >= 15 is 0 Å². The van der Waals surface area contributed by atoms with Crippen LogP contribution in [0.3, 0.4) is 0 Å². The normalized spacial score (nSPS) is 26.8. The second-order valence-corrected chi connectivity index (χ2v) is 5.19. The fourth-order valence-electron chi connectivity index (χ4n) is 2.21. The molecule has 1 aliphatic heterocycles. The van der Waals surface area contributed by atoms with Crippen LogP contribution in [-0.2, 0) is 4.79 Å². The average Bonchev–Trinajstić information content (AvgIpc) is 2.72. The van der Waals surface area contributed by atoms with Crippen molar-refractivity contribution in [3.8, 4) is 6.07 Å². The summed E-state index contributed by atoms with van der Waals surface area (Å²) in [6, 6.07) is 2.72. The standard InChI is InChI=1S/C13H23N3O/c1-5-10(4)15-13(17)11-6-12(7-14)16(8-11)9(2)3/h9-12H,5-6,8H2,1-4H3,(H,15,17). The van der Waals surface area contributed by atoms with Crippen molar-refractivity contribution in [3.05, 3.63) is 0 Å². The molecule has 4 nitrogen and oxygen atoms in total. The molecule has 1 amide bonds. The van der Waals surface area contributed by atoms with Gasteiger partial charge in [-0.3, -0.25) is 9.69 Å². The summed E-state index contributed by atoms with van der Waals surface area (Å²) in [5, 5.41) is 12.1. The average molecular weight is 237 g/mol. The van der Waals surface area contributed by atoms with E-state index in [9.17, 15) is 4.79 Å². The number of amides is 1. The molecule has 3 atom stereocenters. The molecule has 96 valence electrons. The van der Waals surface area contributed by atoms with E-state index in [1.54, 1.807) is 0 Å². The first-order valence-corrected chi connectivity index (χ1v) is 6.45. The van der Waals surface area contributed by atoms with Crippen LogP contribution in [0.1, 0.15) is 40.5 Å². The van der Waals surface area contributed by atoms with Gasteiger partial charge >= 0.3 is 0 Å². The van der Waals surface area contributed by atoms with Gasteiger partial charge in [0.05, 0.1) is 18.0 Å². The van der Waals surface area contributed by atoms with E-state index in [-0.39, 0.29) is 23.9 Å². The molecule has 0 spiro atoms. The third kappa shape index (κ3) is 3.44. The summed E-state index contributed by atoms with van der Waals surface area (Å²) in [6.07, 6.45) is 1.60. The zero-order valence-corrected chi connectivity index (χ0v) is 11.2. The van der Waals surface area contributed by atoms with Crippen LogP contribution in [0.15, 0.2) is 0 Å². The molecule has 0 aromatic rings. The fraction of sp³-hybridized carbons (Fsp3) is 0.846. The van der Waals surface area contributed by atoms with Gasteiger partial charge in [-0.2, -0.15) is 5.26 Å². The smallest absolute Gasteiger partial charge is 0.224 e. The maximum Gasteiger partial charge on any atom is 0.224 e. The number of rotatable bonds is 4. The van der Waals surface area contributed by atoms with Crippen molar-refractivity contribution < 1.29 is 4.79 Å². The summed E-state index contributed by atoms with van der Waals surface area (Å²) in [7, 11) is 0. The number of nitriles is 1. The van der Waals surface area contributed by atoms with Gasteiger partial charge in [0.25, 0.3) is 0 Å². The summed E-state index contributed by atoms with van der Waals surface area (Å²) in [6.45, 7) is 8.91.